The zero-order valence-corrected chi connectivity index (χ0v) is 54.7. The molecule has 9 nitrogen and oxygen atoms in total. The first-order valence-electron chi connectivity index (χ1n) is 34.7. The van der Waals surface area contributed by atoms with E-state index in [4.69, 9.17) is 18.5 Å². The Morgan fingerprint density at radius 2 is 0.675 bits per heavy atom. The first-order chi connectivity index (χ1) is 39.0. The number of quaternary nitrogens is 1. The van der Waals surface area contributed by atoms with Crippen LogP contribution in [0.5, 0.6) is 0 Å². The maximum Gasteiger partial charge on any atom is 0.472 e. The lowest BCUT2D eigenvalue weighted by molar-refractivity contribution is -0.870. The molecule has 0 bridgehead atoms. The molecule has 2 unspecified atom stereocenters. The fourth-order valence-corrected chi connectivity index (χ4v) is 11.0. The summed E-state index contributed by atoms with van der Waals surface area (Å²) in [6, 6.07) is 0. The molecule has 0 saturated carbocycles. The summed E-state index contributed by atoms with van der Waals surface area (Å²) < 4.78 is 34.7. The summed E-state index contributed by atoms with van der Waals surface area (Å²) >= 11 is 0. The fraction of sp³-hybridized carbons (Fsp3) is 0.886. The highest BCUT2D eigenvalue weighted by Crippen LogP contribution is 2.43. The fourth-order valence-electron chi connectivity index (χ4n) is 10.3. The number of hydrogen-bond acceptors (Lipinski definition) is 7. The van der Waals surface area contributed by atoms with Crippen LogP contribution in [0.2, 0.25) is 0 Å². The molecule has 0 saturated heterocycles. The highest BCUT2D eigenvalue weighted by atomic mass is 31.2. The summed E-state index contributed by atoms with van der Waals surface area (Å²) in [5, 5.41) is 0. The molecule has 0 amide bonds. The van der Waals surface area contributed by atoms with Crippen LogP contribution in [0.4, 0.5) is 0 Å². The summed E-state index contributed by atoms with van der Waals surface area (Å²) in [6.45, 7) is 4.49. The van der Waals surface area contributed by atoms with Gasteiger partial charge < -0.3 is 18.9 Å². The number of hydrogen-bond donors (Lipinski definition) is 1. The van der Waals surface area contributed by atoms with Gasteiger partial charge in [-0.1, -0.05) is 301 Å². The second-order valence-electron chi connectivity index (χ2n) is 24.9. The quantitative estimate of drug-likeness (QED) is 0.0211. The zero-order chi connectivity index (χ0) is 58.4. The number of phosphoric acid groups is 1. The van der Waals surface area contributed by atoms with Crippen molar-refractivity contribution in [3.63, 3.8) is 0 Å². The Morgan fingerprint density at radius 1 is 0.388 bits per heavy atom. The topological polar surface area (TPSA) is 108 Å². The Bertz CT molecular complexity index is 1440. The van der Waals surface area contributed by atoms with E-state index in [1.54, 1.807) is 0 Å². The molecule has 0 fully saturated rings. The normalized spacial score (nSPS) is 13.3. The van der Waals surface area contributed by atoms with E-state index < -0.39 is 26.5 Å². The van der Waals surface area contributed by atoms with Gasteiger partial charge in [0, 0.05) is 12.8 Å². The Morgan fingerprint density at radius 3 is 1.00 bits per heavy atom. The third-order valence-electron chi connectivity index (χ3n) is 15.6. The molecule has 0 aliphatic heterocycles. The van der Waals surface area contributed by atoms with Crippen molar-refractivity contribution in [2.75, 3.05) is 47.5 Å². The van der Waals surface area contributed by atoms with E-state index in [9.17, 15) is 19.0 Å². The molecule has 0 aromatic rings. The maximum absolute atomic E-state index is 12.9. The summed E-state index contributed by atoms with van der Waals surface area (Å²) in [5.41, 5.74) is 0. The summed E-state index contributed by atoms with van der Waals surface area (Å²) in [7, 11) is 1.50. The van der Waals surface area contributed by atoms with Crippen molar-refractivity contribution in [3.8, 4) is 0 Å². The SMILES string of the molecule is CCCCCCC/C=C\C/C=C\CCCCCCCCCCCCCCCCCCCCCC(=O)OC(COC(=O)CCCCCCCCCCCCCCC/C=C\CCCCCCCCCC)COP(=O)(O)OCC[N+](C)(C)C. The molecule has 0 aliphatic carbocycles. The van der Waals surface area contributed by atoms with Gasteiger partial charge in [-0.3, -0.25) is 18.6 Å². The van der Waals surface area contributed by atoms with Crippen LogP contribution in [0.3, 0.4) is 0 Å². The lowest BCUT2D eigenvalue weighted by Crippen LogP contribution is -2.37. The summed E-state index contributed by atoms with van der Waals surface area (Å²) in [5.74, 6) is -0.778. The number of esters is 2. The standard InChI is InChI=1S/C70H134NO8P/c1-6-8-10-12-14-16-18-20-22-24-26-28-30-32-33-34-35-36-37-39-41-43-45-47-49-51-53-55-57-59-61-63-70(73)79-68(67-78-80(74,75)77-65-64-71(3,4)5)66-76-69(72)62-60-58-56-54-52-50-48-46-44-42-40-38-31-29-27-25-23-21-19-17-15-13-11-9-7-2/h18,20,24-27,68H,6-17,19,21-23,28-67H2,1-5H3/p+1/b20-18-,26-24-,27-25-. The van der Waals surface area contributed by atoms with Gasteiger partial charge in [0.2, 0.25) is 0 Å². The molecule has 80 heavy (non-hydrogen) atoms. The Kier molecular flexibility index (Phi) is 60.4. The molecule has 0 spiro atoms. The molecule has 0 aliphatic rings. The van der Waals surface area contributed by atoms with E-state index in [0.717, 1.165) is 38.5 Å². The number of carbonyl (C=O) groups is 2. The van der Waals surface area contributed by atoms with Gasteiger partial charge in [-0.25, -0.2) is 4.57 Å². The maximum atomic E-state index is 12.9. The van der Waals surface area contributed by atoms with Crippen LogP contribution in [-0.4, -0.2) is 74.9 Å². The smallest absolute Gasteiger partial charge is 0.462 e. The second-order valence-corrected chi connectivity index (χ2v) is 26.4. The lowest BCUT2D eigenvalue weighted by Gasteiger charge is -2.24. The summed E-state index contributed by atoms with van der Waals surface area (Å²) in [6.07, 6.45) is 78.2. The van der Waals surface area contributed by atoms with Crippen molar-refractivity contribution in [1.29, 1.82) is 0 Å². The minimum absolute atomic E-state index is 0.0342. The zero-order valence-electron chi connectivity index (χ0n) is 53.8. The molecular formula is C70H135NO8P+. The van der Waals surface area contributed by atoms with Crippen LogP contribution < -0.4 is 0 Å². The molecule has 0 aromatic heterocycles. The molecule has 0 aromatic carbocycles. The van der Waals surface area contributed by atoms with E-state index in [0.29, 0.717) is 23.9 Å². The van der Waals surface area contributed by atoms with Crippen molar-refractivity contribution >= 4 is 19.8 Å². The number of nitrogens with zero attached hydrogens (tertiary/aromatic N) is 1. The van der Waals surface area contributed by atoms with Crippen molar-refractivity contribution in [3.05, 3.63) is 36.5 Å². The predicted molar refractivity (Wildman–Crippen MR) is 344 cm³/mol. The van der Waals surface area contributed by atoms with Crippen molar-refractivity contribution in [2.24, 2.45) is 0 Å². The number of ether oxygens (including phenoxy) is 2. The Hall–Kier alpha value is -1.77. The van der Waals surface area contributed by atoms with E-state index in [-0.39, 0.29) is 25.6 Å². The number of rotatable bonds is 65. The predicted octanol–water partition coefficient (Wildman–Crippen LogP) is 22.3. The van der Waals surface area contributed by atoms with Gasteiger partial charge >= 0.3 is 19.8 Å². The molecule has 1 N–H and O–H groups in total. The van der Waals surface area contributed by atoms with Crippen molar-refractivity contribution in [2.45, 2.75) is 354 Å². The minimum atomic E-state index is -4.39. The minimum Gasteiger partial charge on any atom is -0.462 e. The third kappa shape index (κ3) is 65.4. The van der Waals surface area contributed by atoms with Crippen LogP contribution in [0, 0.1) is 0 Å². The van der Waals surface area contributed by atoms with Crippen molar-refractivity contribution in [1.82, 2.24) is 0 Å². The van der Waals surface area contributed by atoms with E-state index in [1.807, 2.05) is 21.1 Å². The van der Waals surface area contributed by atoms with Crippen molar-refractivity contribution < 1.29 is 42.1 Å². The van der Waals surface area contributed by atoms with Crippen LogP contribution >= 0.6 is 7.82 Å². The molecular weight excluding hydrogens is 1010 g/mol. The highest BCUT2D eigenvalue weighted by molar-refractivity contribution is 7.47. The number of unbranched alkanes of at least 4 members (excludes halogenated alkanes) is 45. The third-order valence-corrected chi connectivity index (χ3v) is 16.6. The van der Waals surface area contributed by atoms with Crippen LogP contribution in [-0.2, 0) is 32.7 Å². The monoisotopic (exact) mass is 1150 g/mol. The summed E-state index contributed by atoms with van der Waals surface area (Å²) in [4.78, 5) is 35.9. The molecule has 0 radical (unpaired) electrons. The van der Waals surface area contributed by atoms with Gasteiger partial charge in [0.05, 0.1) is 27.7 Å². The second kappa shape index (κ2) is 61.8. The van der Waals surface area contributed by atoms with Gasteiger partial charge in [0.25, 0.3) is 0 Å². The number of likely N-dealkylation sites (N-methyl/N-ethyl adjacent to an activating group) is 1. The molecule has 2 atom stereocenters. The average Bonchev–Trinajstić information content (AvgIpc) is 3.42. The van der Waals surface area contributed by atoms with Gasteiger partial charge in [-0.15, -0.1) is 0 Å². The van der Waals surface area contributed by atoms with Crippen LogP contribution in [0.1, 0.15) is 348 Å². The van der Waals surface area contributed by atoms with Crippen LogP contribution in [0.15, 0.2) is 36.5 Å². The van der Waals surface area contributed by atoms with Crippen LogP contribution in [0.25, 0.3) is 0 Å². The van der Waals surface area contributed by atoms with E-state index in [2.05, 4.69) is 50.3 Å². The first kappa shape index (κ1) is 78.2. The van der Waals surface area contributed by atoms with E-state index in [1.165, 1.54) is 276 Å². The van der Waals surface area contributed by atoms with Gasteiger partial charge in [-0.05, 0) is 70.6 Å². The van der Waals surface area contributed by atoms with Gasteiger partial charge in [0.15, 0.2) is 6.10 Å². The molecule has 0 heterocycles. The number of allylic oxidation sites excluding steroid dienone is 6. The average molecular weight is 1150 g/mol. The largest absolute Gasteiger partial charge is 0.472 e. The molecule has 10 heteroatoms. The number of phosphoric ester groups is 1. The van der Waals surface area contributed by atoms with Gasteiger partial charge in [0.1, 0.15) is 19.8 Å². The molecule has 472 valence electrons. The Balaban J connectivity index is 4.01. The van der Waals surface area contributed by atoms with E-state index >= 15 is 0 Å². The first-order valence-corrected chi connectivity index (χ1v) is 36.2. The lowest BCUT2D eigenvalue weighted by atomic mass is 10.0. The van der Waals surface area contributed by atoms with Gasteiger partial charge in [-0.2, -0.15) is 0 Å². The highest BCUT2D eigenvalue weighted by Gasteiger charge is 2.27. The Labute approximate surface area is 497 Å². The number of carbonyl (C=O) groups excluding carboxylic acids is 2. The molecule has 0 rings (SSSR count).